The molecule has 0 unspecified atom stereocenters. The summed E-state index contributed by atoms with van der Waals surface area (Å²) >= 11 is 0. The summed E-state index contributed by atoms with van der Waals surface area (Å²) in [4.78, 5) is 24.1. The molecule has 0 aromatic rings. The molecule has 2 spiro atoms. The lowest BCUT2D eigenvalue weighted by atomic mass is 9.41. The normalized spacial score (nSPS) is 53.8. The second-order valence-electron chi connectivity index (χ2n) is 22.2. The molecule has 8 fully saturated rings. The number of fused-ring (bicyclic) bond motifs is 2. The molecule has 348 valence electrons. The Bertz CT molecular complexity index is 1680. The van der Waals surface area contributed by atoms with E-state index in [2.05, 4.69) is 34.6 Å². The highest BCUT2D eigenvalue weighted by Gasteiger charge is 2.85. The first kappa shape index (κ1) is 46.0. The zero-order valence-electron chi connectivity index (χ0n) is 37.3. The zero-order valence-corrected chi connectivity index (χ0v) is 37.3. The van der Waals surface area contributed by atoms with Crippen molar-refractivity contribution in [1.29, 1.82) is 0 Å². The Kier molecular flexibility index (Phi) is 11.5. The average Bonchev–Trinajstić information content (AvgIpc) is 3.52. The molecular weight excluding hydrogens is 796 g/mol. The van der Waals surface area contributed by atoms with Gasteiger partial charge in [-0.2, -0.15) is 0 Å². The molecule has 0 bridgehead atoms. The highest BCUT2D eigenvalue weighted by molar-refractivity contribution is 5.67. The van der Waals surface area contributed by atoms with Gasteiger partial charge < -0.3 is 68.9 Å². The van der Waals surface area contributed by atoms with Gasteiger partial charge >= 0.3 is 11.9 Å². The minimum absolute atomic E-state index is 0.0660. The maximum absolute atomic E-state index is 12.3. The van der Waals surface area contributed by atoms with Gasteiger partial charge in [0, 0.05) is 19.8 Å². The highest BCUT2D eigenvalue weighted by atomic mass is 16.7. The molecule has 5 aliphatic carbocycles. The largest absolute Gasteiger partial charge is 0.457 e. The van der Waals surface area contributed by atoms with E-state index in [0.29, 0.717) is 25.7 Å². The number of carbonyl (C=O) groups excluding carboxylic acids is 2. The van der Waals surface area contributed by atoms with Crippen molar-refractivity contribution in [1.82, 2.24) is 0 Å². The second-order valence-corrected chi connectivity index (χ2v) is 22.2. The van der Waals surface area contributed by atoms with Crippen LogP contribution in [0.15, 0.2) is 0 Å². The van der Waals surface area contributed by atoms with Gasteiger partial charge in [-0.05, 0) is 117 Å². The van der Waals surface area contributed by atoms with Crippen LogP contribution in [-0.2, 0) is 42.7 Å². The van der Waals surface area contributed by atoms with E-state index in [9.17, 15) is 45.3 Å². The molecule has 16 nitrogen and oxygen atoms in total. The van der Waals surface area contributed by atoms with Gasteiger partial charge in [-0.1, -0.05) is 27.7 Å². The summed E-state index contributed by atoms with van der Waals surface area (Å²) in [5.41, 5.74) is -3.44. The van der Waals surface area contributed by atoms with Gasteiger partial charge in [0.1, 0.15) is 30.5 Å². The Labute approximate surface area is 358 Å². The summed E-state index contributed by atoms with van der Waals surface area (Å²) in [5.74, 6) is -1.62. The van der Waals surface area contributed by atoms with Crippen molar-refractivity contribution in [2.45, 2.75) is 211 Å². The van der Waals surface area contributed by atoms with Gasteiger partial charge in [0.05, 0.1) is 48.8 Å². The molecular formula is C45H72O16. The Morgan fingerprint density at radius 3 is 2.07 bits per heavy atom. The van der Waals surface area contributed by atoms with E-state index < -0.39 is 109 Å². The number of rotatable bonds is 9. The molecule has 3 heterocycles. The first-order valence-corrected chi connectivity index (χ1v) is 22.6. The van der Waals surface area contributed by atoms with Crippen LogP contribution >= 0.6 is 0 Å². The van der Waals surface area contributed by atoms with Crippen molar-refractivity contribution in [3.05, 3.63) is 0 Å². The maximum Gasteiger partial charge on any atom is 0.303 e. The van der Waals surface area contributed by atoms with Crippen molar-refractivity contribution in [3.63, 3.8) is 0 Å². The average molecular weight is 869 g/mol. The van der Waals surface area contributed by atoms with Gasteiger partial charge in [-0.15, -0.1) is 0 Å². The number of carbonyl (C=O) groups is 2. The Hall–Kier alpha value is -1.54. The van der Waals surface area contributed by atoms with Gasteiger partial charge in [-0.25, -0.2) is 0 Å². The predicted molar refractivity (Wildman–Crippen MR) is 213 cm³/mol. The van der Waals surface area contributed by atoms with Crippen LogP contribution in [0.4, 0.5) is 0 Å². The third-order valence-corrected chi connectivity index (χ3v) is 18.2. The van der Waals surface area contributed by atoms with Crippen LogP contribution < -0.4 is 0 Å². The lowest BCUT2D eigenvalue weighted by molar-refractivity contribution is -0.339. The molecule has 61 heavy (non-hydrogen) atoms. The fourth-order valence-electron chi connectivity index (χ4n) is 15.5. The van der Waals surface area contributed by atoms with E-state index in [-0.39, 0.29) is 52.1 Å². The molecule has 0 aromatic carbocycles. The topological polar surface area (TPSA) is 240 Å². The van der Waals surface area contributed by atoms with Crippen LogP contribution in [0.2, 0.25) is 0 Å². The molecule has 0 radical (unpaired) electrons. The van der Waals surface area contributed by atoms with Gasteiger partial charge in [-0.3, -0.25) is 9.59 Å². The monoisotopic (exact) mass is 868 g/mol. The Balaban J connectivity index is 1.14. The highest BCUT2D eigenvalue weighted by Crippen LogP contribution is 2.89. The number of hydrogen-bond acceptors (Lipinski definition) is 16. The fourth-order valence-corrected chi connectivity index (χ4v) is 15.5. The molecule has 16 heteroatoms. The molecule has 8 rings (SSSR count). The van der Waals surface area contributed by atoms with Crippen molar-refractivity contribution >= 4 is 11.9 Å². The minimum atomic E-state index is -1.63. The second kappa shape index (κ2) is 15.3. The van der Waals surface area contributed by atoms with Crippen LogP contribution in [0, 0.1) is 44.8 Å². The molecule has 0 amide bonds. The Morgan fingerprint density at radius 1 is 0.754 bits per heavy atom. The maximum atomic E-state index is 12.3. The quantitative estimate of drug-likeness (QED) is 0.129. The van der Waals surface area contributed by atoms with Gasteiger partial charge in [0.25, 0.3) is 0 Å². The van der Waals surface area contributed by atoms with E-state index in [4.69, 9.17) is 33.2 Å². The molecule has 0 aromatic heterocycles. The van der Waals surface area contributed by atoms with E-state index in [1.165, 1.54) is 13.8 Å². The zero-order chi connectivity index (χ0) is 44.6. The third kappa shape index (κ3) is 6.89. The number of aliphatic hydroxyl groups is 7. The van der Waals surface area contributed by atoms with Crippen LogP contribution in [0.25, 0.3) is 0 Å². The molecule has 8 aliphatic rings. The van der Waals surface area contributed by atoms with Crippen molar-refractivity contribution in [3.8, 4) is 0 Å². The fraction of sp³-hybridized carbons (Fsp3) is 0.956. The summed E-state index contributed by atoms with van der Waals surface area (Å²) in [6.45, 7) is 16.2. The molecule has 3 aliphatic heterocycles. The van der Waals surface area contributed by atoms with Crippen LogP contribution in [0.1, 0.15) is 120 Å². The first-order valence-electron chi connectivity index (χ1n) is 22.6. The van der Waals surface area contributed by atoms with Crippen LogP contribution in [-0.4, -0.2) is 152 Å². The molecule has 3 saturated heterocycles. The van der Waals surface area contributed by atoms with Gasteiger partial charge in [0.15, 0.2) is 24.8 Å². The van der Waals surface area contributed by atoms with E-state index in [1.807, 2.05) is 0 Å². The molecule has 21 atom stereocenters. The molecule has 5 saturated carbocycles. The summed E-state index contributed by atoms with van der Waals surface area (Å²) in [6.07, 6.45) is -7.81. The van der Waals surface area contributed by atoms with Crippen LogP contribution in [0.5, 0.6) is 0 Å². The predicted octanol–water partition coefficient (Wildman–Crippen LogP) is 1.87. The lowest BCUT2D eigenvalue weighted by Gasteiger charge is -2.65. The molecule has 7 N–H and O–H groups in total. The summed E-state index contributed by atoms with van der Waals surface area (Å²) in [7, 11) is 0. The van der Waals surface area contributed by atoms with E-state index in [0.717, 1.165) is 32.1 Å². The lowest BCUT2D eigenvalue weighted by Crippen LogP contribution is -2.65. The summed E-state index contributed by atoms with van der Waals surface area (Å²) < 4.78 is 43.4. The number of hydrogen-bond donors (Lipinski definition) is 7. The standard InChI is InChI=1S/C45H72O16/c1-21(47)56-26-19-55-38(34(31(26)51)57-22(2)48)60-28-11-13-45-20-44(45)15-14-41(7)35(43(9)12-10-29(61-43)40(5,6)54)23(49)17-42(41,8)27(44)16-24(36(45)39(28,3)4)58-37-33(53)32(52)30(50)25(18-46)59-37/h23-38,46,49-54H,10-20H2,1-9H3/t23-,24-,25+,26+,27-,28-,29-,30+,31-,32-,33+,34+,35-,36-,37+,38-,41+,42-,43+,44-,45+/m0/s1. The summed E-state index contributed by atoms with van der Waals surface area (Å²) in [5, 5.41) is 77.6. The van der Waals surface area contributed by atoms with Gasteiger partial charge in [0.2, 0.25) is 0 Å². The SMILES string of the molecule is CC(=O)O[C@H]1[C@H](O[C@H]2CC[C@]34C[C@]35CC[C@]3(C)[C@@H]([C@@]6(C)CC[C@@H](C(C)(C)O)O6)[C@@H](O)C[C@@]3(C)[C@@H]5C[C@H](O[C@@H]3O[C@H](CO)[C@@H](O)[C@H](O)[C@H]3O)[C@H]4C2(C)C)OC[C@@H](OC(C)=O)[C@@H]1O. The number of ether oxygens (including phenoxy) is 7. The smallest absolute Gasteiger partial charge is 0.303 e. The van der Waals surface area contributed by atoms with Crippen molar-refractivity contribution in [2.75, 3.05) is 13.2 Å². The first-order chi connectivity index (χ1) is 28.3. The third-order valence-electron chi connectivity index (χ3n) is 18.2. The van der Waals surface area contributed by atoms with Crippen LogP contribution in [0.3, 0.4) is 0 Å². The minimum Gasteiger partial charge on any atom is -0.457 e. The van der Waals surface area contributed by atoms with Crippen molar-refractivity contribution in [2.24, 2.45) is 44.8 Å². The van der Waals surface area contributed by atoms with E-state index in [1.54, 1.807) is 13.8 Å². The summed E-state index contributed by atoms with van der Waals surface area (Å²) in [6, 6.07) is 0. The van der Waals surface area contributed by atoms with Crippen molar-refractivity contribution < 1.29 is 78.5 Å². The van der Waals surface area contributed by atoms with E-state index >= 15 is 0 Å². The Morgan fingerprint density at radius 2 is 1.44 bits per heavy atom. The number of aliphatic hydroxyl groups excluding tert-OH is 6. The number of esters is 2.